The van der Waals surface area contributed by atoms with E-state index in [2.05, 4.69) is 5.10 Å². The Kier molecular flexibility index (Phi) is 2.90. The molecule has 1 N–H and O–H groups in total. The van der Waals surface area contributed by atoms with E-state index in [0.29, 0.717) is 11.4 Å². The summed E-state index contributed by atoms with van der Waals surface area (Å²) in [5, 5.41) is 13.8. The number of ether oxygens (including phenoxy) is 1. The molecule has 2 unspecified atom stereocenters. The van der Waals surface area contributed by atoms with Gasteiger partial charge in [-0.3, -0.25) is 4.68 Å². The minimum atomic E-state index is -3.19. The van der Waals surface area contributed by atoms with Crippen molar-refractivity contribution in [1.82, 2.24) is 9.78 Å². The van der Waals surface area contributed by atoms with Gasteiger partial charge in [-0.1, -0.05) is 0 Å². The van der Waals surface area contributed by atoms with Crippen molar-refractivity contribution in [2.24, 2.45) is 7.05 Å². The molecule has 1 fully saturated rings. The van der Waals surface area contributed by atoms with E-state index in [-0.39, 0.29) is 11.5 Å². The van der Waals surface area contributed by atoms with Gasteiger partial charge in [0.25, 0.3) is 0 Å². The lowest BCUT2D eigenvalue weighted by atomic mass is 10.2. The van der Waals surface area contributed by atoms with Crippen molar-refractivity contribution < 1.29 is 18.3 Å². The minimum absolute atomic E-state index is 0.137. The molecule has 1 aromatic rings. The first-order valence-electron chi connectivity index (χ1n) is 5.35. The number of rotatable bonds is 2. The minimum Gasteiger partial charge on any atom is -0.483 e. The van der Waals surface area contributed by atoms with Gasteiger partial charge >= 0.3 is 0 Å². The smallest absolute Gasteiger partial charge is 0.163 e. The SMILES string of the molecule is Cc1nn(C)c(C)c1OC1CS(=O)(=O)CC1O. The molecule has 0 amide bonds. The number of aliphatic hydroxyl groups is 1. The molecular formula is C10H16N2O4S. The van der Waals surface area contributed by atoms with E-state index in [4.69, 9.17) is 4.74 Å². The second kappa shape index (κ2) is 3.99. The molecule has 0 aliphatic carbocycles. The summed E-state index contributed by atoms with van der Waals surface area (Å²) < 4.78 is 30.0. The largest absolute Gasteiger partial charge is 0.483 e. The molecule has 2 atom stereocenters. The lowest BCUT2D eigenvalue weighted by Crippen LogP contribution is -2.30. The summed E-state index contributed by atoms with van der Waals surface area (Å²) in [5.41, 5.74) is 1.51. The summed E-state index contributed by atoms with van der Waals surface area (Å²) >= 11 is 0. The summed E-state index contributed by atoms with van der Waals surface area (Å²) in [7, 11) is -1.40. The molecule has 0 saturated carbocycles. The Labute approximate surface area is 100 Å². The molecule has 1 aliphatic heterocycles. The zero-order valence-electron chi connectivity index (χ0n) is 10.0. The number of aliphatic hydroxyl groups excluding tert-OH is 1. The van der Waals surface area contributed by atoms with Crippen LogP contribution in [-0.2, 0) is 16.9 Å². The van der Waals surface area contributed by atoms with E-state index in [0.717, 1.165) is 5.69 Å². The lowest BCUT2D eigenvalue weighted by Gasteiger charge is -2.15. The average molecular weight is 260 g/mol. The molecule has 2 rings (SSSR count). The van der Waals surface area contributed by atoms with Crippen molar-refractivity contribution in [2.45, 2.75) is 26.1 Å². The Balaban J connectivity index is 2.22. The standard InChI is InChI=1S/C10H16N2O4S/c1-6-10(7(2)12(3)11-6)16-9-5-17(14,15)4-8(9)13/h8-9,13H,4-5H2,1-3H3. The Morgan fingerprint density at radius 1 is 1.41 bits per heavy atom. The van der Waals surface area contributed by atoms with Crippen LogP contribution in [0.1, 0.15) is 11.4 Å². The van der Waals surface area contributed by atoms with Crippen molar-refractivity contribution >= 4 is 9.84 Å². The van der Waals surface area contributed by atoms with Gasteiger partial charge in [-0.15, -0.1) is 0 Å². The quantitative estimate of drug-likeness (QED) is 0.780. The van der Waals surface area contributed by atoms with E-state index in [1.165, 1.54) is 0 Å². The fourth-order valence-corrected chi connectivity index (χ4v) is 3.65. The summed E-state index contributed by atoms with van der Waals surface area (Å²) in [4.78, 5) is 0. The van der Waals surface area contributed by atoms with Crippen molar-refractivity contribution in [3.63, 3.8) is 0 Å². The fraction of sp³-hybridized carbons (Fsp3) is 0.700. The third-order valence-electron chi connectivity index (χ3n) is 2.98. The monoisotopic (exact) mass is 260 g/mol. The normalized spacial score (nSPS) is 27.3. The number of nitrogens with zero attached hydrogens (tertiary/aromatic N) is 2. The molecule has 1 aliphatic rings. The van der Waals surface area contributed by atoms with Gasteiger partial charge in [0.15, 0.2) is 15.6 Å². The third kappa shape index (κ3) is 2.30. The first-order valence-corrected chi connectivity index (χ1v) is 7.17. The molecule has 0 aromatic carbocycles. The van der Waals surface area contributed by atoms with E-state index in [9.17, 15) is 13.5 Å². The molecule has 2 heterocycles. The zero-order chi connectivity index (χ0) is 12.8. The first kappa shape index (κ1) is 12.4. The van der Waals surface area contributed by atoms with Crippen LogP contribution in [0, 0.1) is 13.8 Å². The predicted octanol–water partition coefficient (Wildman–Crippen LogP) is -0.426. The summed E-state index contributed by atoms with van der Waals surface area (Å²) in [5.74, 6) is 0.200. The van der Waals surface area contributed by atoms with E-state index >= 15 is 0 Å². The highest BCUT2D eigenvalue weighted by Gasteiger charge is 2.38. The van der Waals surface area contributed by atoms with Crippen molar-refractivity contribution in [2.75, 3.05) is 11.5 Å². The molecule has 1 saturated heterocycles. The van der Waals surface area contributed by atoms with Gasteiger partial charge in [-0.25, -0.2) is 8.42 Å². The molecule has 0 spiro atoms. The number of aryl methyl sites for hydroxylation is 2. The maximum atomic E-state index is 11.4. The summed E-state index contributed by atoms with van der Waals surface area (Å²) in [6.45, 7) is 3.63. The highest BCUT2D eigenvalue weighted by molar-refractivity contribution is 7.91. The van der Waals surface area contributed by atoms with Gasteiger partial charge in [0.1, 0.15) is 17.9 Å². The maximum absolute atomic E-state index is 11.4. The number of aromatic nitrogens is 2. The molecule has 6 nitrogen and oxygen atoms in total. The van der Waals surface area contributed by atoms with Gasteiger partial charge in [-0.2, -0.15) is 5.10 Å². The van der Waals surface area contributed by atoms with Crippen LogP contribution in [0.15, 0.2) is 0 Å². The molecule has 1 aromatic heterocycles. The van der Waals surface area contributed by atoms with Crippen LogP contribution in [-0.4, -0.2) is 47.0 Å². The van der Waals surface area contributed by atoms with Gasteiger partial charge in [0.2, 0.25) is 0 Å². The zero-order valence-corrected chi connectivity index (χ0v) is 10.9. The Bertz CT molecular complexity index is 535. The van der Waals surface area contributed by atoms with E-state index in [1.807, 2.05) is 6.92 Å². The molecule has 96 valence electrons. The number of hydrogen-bond acceptors (Lipinski definition) is 5. The maximum Gasteiger partial charge on any atom is 0.163 e. The van der Waals surface area contributed by atoms with Crippen LogP contribution in [0.2, 0.25) is 0 Å². The van der Waals surface area contributed by atoms with Crippen LogP contribution in [0.25, 0.3) is 0 Å². The molecular weight excluding hydrogens is 244 g/mol. The average Bonchev–Trinajstić information content (AvgIpc) is 2.58. The fourth-order valence-electron chi connectivity index (χ4n) is 1.99. The van der Waals surface area contributed by atoms with Crippen LogP contribution in [0.5, 0.6) is 5.75 Å². The van der Waals surface area contributed by atoms with Crippen LogP contribution >= 0.6 is 0 Å². The molecule has 7 heteroatoms. The molecule has 0 radical (unpaired) electrons. The Morgan fingerprint density at radius 3 is 2.47 bits per heavy atom. The summed E-state index contributed by atoms with van der Waals surface area (Å²) in [6, 6.07) is 0. The van der Waals surface area contributed by atoms with Crippen LogP contribution < -0.4 is 4.74 Å². The van der Waals surface area contributed by atoms with Crippen molar-refractivity contribution in [1.29, 1.82) is 0 Å². The van der Waals surface area contributed by atoms with Gasteiger partial charge in [-0.05, 0) is 13.8 Å². The van der Waals surface area contributed by atoms with E-state index in [1.54, 1.807) is 18.7 Å². The second-order valence-electron chi connectivity index (χ2n) is 4.42. The lowest BCUT2D eigenvalue weighted by molar-refractivity contribution is 0.0728. The second-order valence-corrected chi connectivity index (χ2v) is 6.58. The Hall–Kier alpha value is -1.08. The van der Waals surface area contributed by atoms with Gasteiger partial charge in [0.05, 0.1) is 17.2 Å². The van der Waals surface area contributed by atoms with Gasteiger partial charge in [0, 0.05) is 7.05 Å². The van der Waals surface area contributed by atoms with Crippen molar-refractivity contribution in [3.05, 3.63) is 11.4 Å². The van der Waals surface area contributed by atoms with Crippen molar-refractivity contribution in [3.8, 4) is 5.75 Å². The highest BCUT2D eigenvalue weighted by atomic mass is 32.2. The topological polar surface area (TPSA) is 81.4 Å². The predicted molar refractivity (Wildman–Crippen MR) is 61.8 cm³/mol. The van der Waals surface area contributed by atoms with E-state index < -0.39 is 22.0 Å². The first-order chi connectivity index (χ1) is 7.80. The third-order valence-corrected chi connectivity index (χ3v) is 4.67. The number of hydrogen-bond donors (Lipinski definition) is 1. The van der Waals surface area contributed by atoms with Crippen LogP contribution in [0.4, 0.5) is 0 Å². The van der Waals surface area contributed by atoms with Crippen LogP contribution in [0.3, 0.4) is 0 Å². The Morgan fingerprint density at radius 2 is 2.06 bits per heavy atom. The highest BCUT2D eigenvalue weighted by Crippen LogP contribution is 2.26. The molecule has 0 bridgehead atoms. The summed E-state index contributed by atoms with van der Waals surface area (Å²) in [6.07, 6.45) is -1.65. The molecule has 17 heavy (non-hydrogen) atoms. The van der Waals surface area contributed by atoms with Gasteiger partial charge < -0.3 is 9.84 Å². The number of sulfone groups is 1.